The molecule has 1 aliphatic carbocycles. The van der Waals surface area contributed by atoms with Crippen LogP contribution in [0.25, 0.3) is 0 Å². The third-order valence-electron chi connectivity index (χ3n) is 2.98. The van der Waals surface area contributed by atoms with Gasteiger partial charge in [-0.2, -0.15) is 0 Å². The summed E-state index contributed by atoms with van der Waals surface area (Å²) in [5.41, 5.74) is 5.89. The van der Waals surface area contributed by atoms with Crippen LogP contribution >= 0.6 is 0 Å². The maximum Gasteiger partial charge on any atom is 0.202 e. The zero-order valence-corrected chi connectivity index (χ0v) is 8.94. The lowest BCUT2D eigenvalue weighted by Gasteiger charge is -2.36. The minimum absolute atomic E-state index is 0.00722. The molecule has 0 aliphatic heterocycles. The minimum atomic E-state index is -0.646. The first-order chi connectivity index (χ1) is 7.17. The van der Waals surface area contributed by atoms with Crippen molar-refractivity contribution in [3.63, 3.8) is 0 Å². The van der Waals surface area contributed by atoms with Gasteiger partial charge in [-0.1, -0.05) is 12.1 Å². The predicted molar refractivity (Wildman–Crippen MR) is 55.4 cm³/mol. The van der Waals surface area contributed by atoms with E-state index in [1.54, 1.807) is 4.68 Å². The lowest BCUT2D eigenvalue weighted by molar-refractivity contribution is 0.0788. The number of ketones is 1. The average molecular weight is 208 g/mol. The second kappa shape index (κ2) is 3.73. The second-order valence-corrected chi connectivity index (χ2v) is 4.18. The van der Waals surface area contributed by atoms with E-state index < -0.39 is 5.54 Å². The number of hydrogen-bond acceptors (Lipinski definition) is 4. The van der Waals surface area contributed by atoms with E-state index in [2.05, 4.69) is 10.3 Å². The van der Waals surface area contributed by atoms with Gasteiger partial charge in [0.2, 0.25) is 5.78 Å². The number of hydrogen-bond donors (Lipinski definition) is 1. The van der Waals surface area contributed by atoms with Crippen LogP contribution in [0.3, 0.4) is 0 Å². The SMILES string of the molecule is CCCn1nncc1C(=O)C1(N)CCC1. The molecule has 0 radical (unpaired) electrons. The van der Waals surface area contributed by atoms with Gasteiger partial charge < -0.3 is 5.73 Å². The first-order valence-electron chi connectivity index (χ1n) is 5.39. The molecule has 1 aliphatic rings. The first-order valence-corrected chi connectivity index (χ1v) is 5.39. The number of carbonyl (C=O) groups is 1. The molecule has 1 heterocycles. The summed E-state index contributed by atoms with van der Waals surface area (Å²) >= 11 is 0. The van der Waals surface area contributed by atoms with E-state index >= 15 is 0 Å². The van der Waals surface area contributed by atoms with Gasteiger partial charge >= 0.3 is 0 Å². The standard InChI is InChI=1S/C10H16N4O/c1-2-6-14-8(7-12-13-14)9(15)10(11)4-3-5-10/h7H,2-6,11H2,1H3. The Labute approximate surface area is 88.6 Å². The van der Waals surface area contributed by atoms with E-state index in [1.165, 1.54) is 6.20 Å². The largest absolute Gasteiger partial charge is 0.319 e. The molecule has 5 heteroatoms. The van der Waals surface area contributed by atoms with Gasteiger partial charge in [0, 0.05) is 6.54 Å². The molecule has 0 spiro atoms. The molecule has 0 unspecified atom stereocenters. The van der Waals surface area contributed by atoms with Gasteiger partial charge in [0.25, 0.3) is 0 Å². The number of aromatic nitrogens is 3. The number of nitrogens with two attached hydrogens (primary N) is 1. The van der Waals surface area contributed by atoms with Crippen molar-refractivity contribution in [1.29, 1.82) is 0 Å². The number of Topliss-reactive ketones (excluding diaryl/α,β-unsaturated/α-hetero) is 1. The summed E-state index contributed by atoms with van der Waals surface area (Å²) in [6.07, 6.45) is 5.05. The Morgan fingerprint density at radius 2 is 2.40 bits per heavy atom. The maximum absolute atomic E-state index is 12.1. The normalized spacial score (nSPS) is 18.5. The van der Waals surface area contributed by atoms with Crippen LogP contribution in [0.4, 0.5) is 0 Å². The number of aryl methyl sites for hydroxylation is 1. The molecule has 0 atom stereocenters. The molecule has 1 aromatic rings. The fourth-order valence-electron chi connectivity index (χ4n) is 1.85. The van der Waals surface area contributed by atoms with Crippen molar-refractivity contribution in [1.82, 2.24) is 15.0 Å². The molecule has 82 valence electrons. The van der Waals surface area contributed by atoms with Gasteiger partial charge in [-0.15, -0.1) is 5.10 Å². The number of carbonyl (C=O) groups excluding carboxylic acids is 1. The summed E-state index contributed by atoms with van der Waals surface area (Å²) in [6, 6.07) is 0. The summed E-state index contributed by atoms with van der Waals surface area (Å²) in [6.45, 7) is 2.76. The van der Waals surface area contributed by atoms with E-state index in [0.717, 1.165) is 32.2 Å². The van der Waals surface area contributed by atoms with Gasteiger partial charge in [0.15, 0.2) is 0 Å². The molecule has 0 amide bonds. The fraction of sp³-hybridized carbons (Fsp3) is 0.700. The third-order valence-corrected chi connectivity index (χ3v) is 2.98. The van der Waals surface area contributed by atoms with Gasteiger partial charge in [-0.25, -0.2) is 4.68 Å². The quantitative estimate of drug-likeness (QED) is 0.741. The lowest BCUT2D eigenvalue weighted by atomic mass is 9.74. The number of nitrogens with zero attached hydrogens (tertiary/aromatic N) is 3. The fourth-order valence-corrected chi connectivity index (χ4v) is 1.85. The van der Waals surface area contributed by atoms with Crippen molar-refractivity contribution in [2.24, 2.45) is 5.73 Å². The summed E-state index contributed by atoms with van der Waals surface area (Å²) in [5.74, 6) is -0.00722. The van der Waals surface area contributed by atoms with Crippen LogP contribution < -0.4 is 5.73 Å². The van der Waals surface area contributed by atoms with Crippen LogP contribution in [-0.2, 0) is 6.54 Å². The molecule has 2 N–H and O–H groups in total. The van der Waals surface area contributed by atoms with E-state index in [0.29, 0.717) is 5.69 Å². The van der Waals surface area contributed by atoms with Crippen molar-refractivity contribution in [2.75, 3.05) is 0 Å². The molecule has 0 aromatic carbocycles. The zero-order chi connectivity index (χ0) is 10.9. The molecule has 0 saturated heterocycles. The summed E-state index contributed by atoms with van der Waals surface area (Å²) in [7, 11) is 0. The molecule has 1 saturated carbocycles. The average Bonchev–Trinajstić information content (AvgIpc) is 2.62. The Bertz CT molecular complexity index is 367. The zero-order valence-electron chi connectivity index (χ0n) is 8.94. The van der Waals surface area contributed by atoms with Crippen molar-refractivity contribution in [3.05, 3.63) is 11.9 Å². The van der Waals surface area contributed by atoms with E-state index in [9.17, 15) is 4.79 Å². The molecule has 1 fully saturated rings. The Morgan fingerprint density at radius 1 is 1.67 bits per heavy atom. The molecular formula is C10H16N4O. The van der Waals surface area contributed by atoms with Gasteiger partial charge in [0.05, 0.1) is 11.7 Å². The summed E-state index contributed by atoms with van der Waals surface area (Å²) in [5, 5.41) is 7.66. The third kappa shape index (κ3) is 1.67. The smallest absolute Gasteiger partial charge is 0.202 e. The van der Waals surface area contributed by atoms with Gasteiger partial charge in [0.1, 0.15) is 5.69 Å². The van der Waals surface area contributed by atoms with Crippen LogP contribution in [0.1, 0.15) is 43.1 Å². The Morgan fingerprint density at radius 3 is 2.93 bits per heavy atom. The van der Waals surface area contributed by atoms with Crippen LogP contribution in [-0.4, -0.2) is 26.3 Å². The van der Waals surface area contributed by atoms with Gasteiger partial charge in [-0.05, 0) is 25.7 Å². The maximum atomic E-state index is 12.1. The summed E-state index contributed by atoms with van der Waals surface area (Å²) < 4.78 is 1.65. The summed E-state index contributed by atoms with van der Waals surface area (Å²) in [4.78, 5) is 12.1. The van der Waals surface area contributed by atoms with Crippen LogP contribution in [0.15, 0.2) is 6.20 Å². The number of rotatable bonds is 4. The Kier molecular flexibility index (Phi) is 2.56. The van der Waals surface area contributed by atoms with Crippen molar-refractivity contribution < 1.29 is 4.79 Å². The van der Waals surface area contributed by atoms with Crippen molar-refractivity contribution >= 4 is 5.78 Å². The Hall–Kier alpha value is -1.23. The van der Waals surface area contributed by atoms with Gasteiger partial charge in [-0.3, -0.25) is 4.79 Å². The Balaban J connectivity index is 2.21. The van der Waals surface area contributed by atoms with Crippen LogP contribution in [0.5, 0.6) is 0 Å². The van der Waals surface area contributed by atoms with Crippen LogP contribution in [0.2, 0.25) is 0 Å². The highest BCUT2D eigenvalue weighted by Crippen LogP contribution is 2.32. The monoisotopic (exact) mass is 208 g/mol. The van der Waals surface area contributed by atoms with Crippen LogP contribution in [0, 0.1) is 0 Å². The topological polar surface area (TPSA) is 73.8 Å². The highest BCUT2D eigenvalue weighted by molar-refractivity contribution is 6.02. The predicted octanol–water partition coefficient (Wildman–Crippen LogP) is 0.752. The van der Waals surface area contributed by atoms with E-state index in [4.69, 9.17) is 5.73 Å². The highest BCUT2D eigenvalue weighted by Gasteiger charge is 2.41. The molecule has 0 bridgehead atoms. The second-order valence-electron chi connectivity index (χ2n) is 4.18. The first kappa shape index (κ1) is 10.3. The molecular weight excluding hydrogens is 192 g/mol. The molecule has 2 rings (SSSR count). The highest BCUT2D eigenvalue weighted by atomic mass is 16.1. The van der Waals surface area contributed by atoms with E-state index in [-0.39, 0.29) is 5.78 Å². The van der Waals surface area contributed by atoms with Crippen molar-refractivity contribution in [2.45, 2.75) is 44.7 Å². The molecule has 5 nitrogen and oxygen atoms in total. The van der Waals surface area contributed by atoms with Crippen molar-refractivity contribution in [3.8, 4) is 0 Å². The minimum Gasteiger partial charge on any atom is -0.319 e. The lowest BCUT2D eigenvalue weighted by Crippen LogP contribution is -2.54. The van der Waals surface area contributed by atoms with E-state index in [1.807, 2.05) is 6.92 Å². The molecule has 15 heavy (non-hydrogen) atoms. The molecule has 1 aromatic heterocycles.